The zero-order valence-electron chi connectivity index (χ0n) is 9.52. The van der Waals surface area contributed by atoms with E-state index >= 15 is 0 Å². The summed E-state index contributed by atoms with van der Waals surface area (Å²) in [5.74, 6) is -0.687. The van der Waals surface area contributed by atoms with E-state index in [-0.39, 0.29) is 15.9 Å². The molecule has 1 aromatic rings. The van der Waals surface area contributed by atoms with E-state index in [1.54, 1.807) is 0 Å². The highest BCUT2D eigenvalue weighted by molar-refractivity contribution is 9.10. The molecule has 1 aliphatic rings. The van der Waals surface area contributed by atoms with E-state index in [9.17, 15) is 22.0 Å². The van der Waals surface area contributed by atoms with Crippen molar-refractivity contribution in [1.82, 2.24) is 4.98 Å². The van der Waals surface area contributed by atoms with Crippen LogP contribution in [0.25, 0.3) is 0 Å². The summed E-state index contributed by atoms with van der Waals surface area (Å²) in [5.41, 5.74) is -0.380. The summed E-state index contributed by atoms with van der Waals surface area (Å²) < 4.78 is 63.7. The molecule has 0 aliphatic heterocycles. The Morgan fingerprint density at radius 2 is 1.95 bits per heavy atom. The van der Waals surface area contributed by atoms with Gasteiger partial charge in [-0.25, -0.2) is 13.8 Å². The molecule has 1 saturated carbocycles. The first kappa shape index (κ1) is 14.5. The van der Waals surface area contributed by atoms with Gasteiger partial charge < -0.3 is 5.32 Å². The summed E-state index contributed by atoms with van der Waals surface area (Å²) in [5, 5.41) is 2.21. The fourth-order valence-electron chi connectivity index (χ4n) is 1.76. The van der Waals surface area contributed by atoms with E-state index in [1.807, 2.05) is 0 Å². The number of nitrogens with one attached hydrogen (secondary N) is 1. The van der Waals surface area contributed by atoms with E-state index in [1.165, 1.54) is 0 Å². The number of alkyl halides is 5. The summed E-state index contributed by atoms with van der Waals surface area (Å²) >= 11 is 2.89. The molecule has 0 radical (unpaired) electrons. The lowest BCUT2D eigenvalue weighted by atomic mass is 10.1. The molecule has 0 amide bonds. The molecule has 1 atom stereocenters. The Morgan fingerprint density at radius 3 is 2.42 bits per heavy atom. The number of pyridine rings is 1. The molecule has 19 heavy (non-hydrogen) atoms. The van der Waals surface area contributed by atoms with Crippen molar-refractivity contribution < 1.29 is 22.0 Å². The lowest BCUT2D eigenvalue weighted by Crippen LogP contribution is -2.38. The van der Waals surface area contributed by atoms with Crippen LogP contribution in [0.5, 0.6) is 0 Å². The van der Waals surface area contributed by atoms with Crippen LogP contribution in [0.4, 0.5) is 27.8 Å². The summed E-state index contributed by atoms with van der Waals surface area (Å²) in [6, 6.07) is -0.790. The molecule has 0 spiro atoms. The Kier molecular flexibility index (Phi) is 3.98. The van der Waals surface area contributed by atoms with Gasteiger partial charge in [0.25, 0.3) is 6.43 Å². The van der Waals surface area contributed by atoms with Crippen LogP contribution in [-0.2, 0) is 0 Å². The molecule has 0 bridgehead atoms. The van der Waals surface area contributed by atoms with E-state index in [0.29, 0.717) is 12.8 Å². The Morgan fingerprint density at radius 1 is 1.32 bits per heavy atom. The minimum Gasteiger partial charge on any atom is -0.358 e. The Bertz CT molecular complexity index is 459. The van der Waals surface area contributed by atoms with Gasteiger partial charge in [0.15, 0.2) is 0 Å². The van der Waals surface area contributed by atoms with Gasteiger partial charge in [-0.1, -0.05) is 0 Å². The summed E-state index contributed by atoms with van der Waals surface area (Å²) in [6.45, 7) is 0. The van der Waals surface area contributed by atoms with Gasteiger partial charge in [0.2, 0.25) is 0 Å². The number of aromatic nitrogens is 1. The number of halogens is 6. The van der Waals surface area contributed by atoms with Gasteiger partial charge >= 0.3 is 6.18 Å². The lowest BCUT2D eigenvalue weighted by molar-refractivity contribution is -0.146. The minimum absolute atomic E-state index is 0.0723. The van der Waals surface area contributed by atoms with Crippen LogP contribution in [0.15, 0.2) is 16.7 Å². The van der Waals surface area contributed by atoms with Gasteiger partial charge in [-0.2, -0.15) is 13.2 Å². The van der Waals surface area contributed by atoms with Crippen molar-refractivity contribution in [3.63, 3.8) is 0 Å². The summed E-state index contributed by atoms with van der Waals surface area (Å²) in [7, 11) is 0. The molecule has 1 N–H and O–H groups in total. The molecular weight excluding hydrogens is 335 g/mol. The second kappa shape index (κ2) is 5.22. The first-order valence-electron chi connectivity index (χ1n) is 5.56. The molecule has 2 rings (SSSR count). The monoisotopic (exact) mass is 344 g/mol. The van der Waals surface area contributed by atoms with Crippen molar-refractivity contribution in [3.8, 4) is 0 Å². The Labute approximate surface area is 114 Å². The highest BCUT2D eigenvalue weighted by atomic mass is 79.9. The smallest absolute Gasteiger partial charge is 0.358 e. The highest BCUT2D eigenvalue weighted by Crippen LogP contribution is 2.41. The van der Waals surface area contributed by atoms with E-state index in [2.05, 4.69) is 26.2 Å². The van der Waals surface area contributed by atoms with Crippen LogP contribution in [0.1, 0.15) is 24.8 Å². The number of rotatable bonds is 4. The second-order valence-corrected chi connectivity index (χ2v) is 5.25. The normalized spacial score (nSPS) is 17.6. The Balaban J connectivity index is 2.20. The zero-order valence-corrected chi connectivity index (χ0v) is 11.1. The van der Waals surface area contributed by atoms with Crippen molar-refractivity contribution in [2.45, 2.75) is 31.5 Å². The Hall–Kier alpha value is -0.920. The molecule has 8 heteroatoms. The fraction of sp³-hybridized carbons (Fsp3) is 0.545. The zero-order chi connectivity index (χ0) is 14.2. The molecule has 1 aromatic heterocycles. The largest absolute Gasteiger partial charge is 0.408 e. The van der Waals surface area contributed by atoms with Crippen LogP contribution in [0.2, 0.25) is 0 Å². The standard InChI is InChI=1S/C11H10BrF5N2/c12-7-4-18-8(3-6(7)10(13)14)19-9(5-1-2-5)11(15,16)17/h3-5,9-10H,1-2H2,(H,18,19). The third kappa shape index (κ3) is 3.55. The average molecular weight is 345 g/mol. The second-order valence-electron chi connectivity index (χ2n) is 4.39. The van der Waals surface area contributed by atoms with Crippen molar-refractivity contribution in [2.75, 3.05) is 5.32 Å². The molecule has 0 aromatic carbocycles. The number of hydrogen-bond acceptors (Lipinski definition) is 2. The average Bonchev–Trinajstić information content (AvgIpc) is 3.09. The van der Waals surface area contributed by atoms with Crippen molar-refractivity contribution in [3.05, 3.63) is 22.3 Å². The summed E-state index contributed by atoms with van der Waals surface area (Å²) in [4.78, 5) is 3.69. The maximum Gasteiger partial charge on any atom is 0.408 e. The predicted molar refractivity (Wildman–Crippen MR) is 63.1 cm³/mol. The minimum atomic E-state index is -4.42. The number of nitrogens with zero attached hydrogens (tertiary/aromatic N) is 1. The lowest BCUT2D eigenvalue weighted by Gasteiger charge is -2.22. The van der Waals surface area contributed by atoms with E-state index in [0.717, 1.165) is 12.3 Å². The van der Waals surface area contributed by atoms with Crippen LogP contribution >= 0.6 is 15.9 Å². The van der Waals surface area contributed by atoms with Crippen LogP contribution < -0.4 is 5.32 Å². The third-order valence-corrected chi connectivity index (χ3v) is 3.53. The highest BCUT2D eigenvalue weighted by Gasteiger charge is 2.49. The van der Waals surface area contributed by atoms with Gasteiger partial charge in [-0.15, -0.1) is 0 Å². The molecule has 1 aliphatic carbocycles. The molecular formula is C11H10BrF5N2. The van der Waals surface area contributed by atoms with Gasteiger partial charge in [-0.05, 0) is 40.8 Å². The molecule has 1 unspecified atom stereocenters. The number of hydrogen-bond donors (Lipinski definition) is 1. The van der Waals surface area contributed by atoms with Gasteiger partial charge in [0.1, 0.15) is 11.9 Å². The molecule has 106 valence electrons. The van der Waals surface area contributed by atoms with Gasteiger partial charge in [0.05, 0.1) is 0 Å². The van der Waals surface area contributed by atoms with E-state index < -0.39 is 24.6 Å². The topological polar surface area (TPSA) is 24.9 Å². The molecule has 1 fully saturated rings. The predicted octanol–water partition coefficient (Wildman–Crippen LogP) is 4.53. The first-order chi connectivity index (χ1) is 8.79. The maximum atomic E-state index is 12.8. The van der Waals surface area contributed by atoms with Crippen LogP contribution in [0, 0.1) is 5.92 Å². The molecule has 0 saturated heterocycles. The van der Waals surface area contributed by atoms with Gasteiger partial charge in [-0.3, -0.25) is 0 Å². The summed E-state index contributed by atoms with van der Waals surface area (Å²) in [6.07, 6.45) is -5.15. The molecule has 1 heterocycles. The van der Waals surface area contributed by atoms with Crippen molar-refractivity contribution in [1.29, 1.82) is 0 Å². The molecule has 2 nitrogen and oxygen atoms in total. The quantitative estimate of drug-likeness (QED) is 0.811. The first-order valence-corrected chi connectivity index (χ1v) is 6.35. The maximum absolute atomic E-state index is 12.8. The van der Waals surface area contributed by atoms with Crippen LogP contribution in [0.3, 0.4) is 0 Å². The van der Waals surface area contributed by atoms with E-state index in [4.69, 9.17) is 0 Å². The van der Waals surface area contributed by atoms with Gasteiger partial charge in [0, 0.05) is 16.2 Å². The third-order valence-electron chi connectivity index (χ3n) is 2.87. The van der Waals surface area contributed by atoms with Crippen LogP contribution in [-0.4, -0.2) is 17.2 Å². The number of anilines is 1. The fourth-order valence-corrected chi connectivity index (χ4v) is 2.15. The van der Waals surface area contributed by atoms with Crippen molar-refractivity contribution in [2.24, 2.45) is 5.92 Å². The SMILES string of the molecule is FC(F)c1cc(NC(C2CC2)C(F)(F)F)ncc1Br. The van der Waals surface area contributed by atoms with Crippen molar-refractivity contribution >= 4 is 21.7 Å².